The van der Waals surface area contributed by atoms with Crippen LogP contribution in [0, 0.1) is 0 Å². The first-order chi connectivity index (χ1) is 9.10. The van der Waals surface area contributed by atoms with E-state index in [-0.39, 0.29) is 0 Å². The minimum Gasteiger partial charge on any atom is -0.484 e. The van der Waals surface area contributed by atoms with Crippen molar-refractivity contribution >= 4 is 39.1 Å². The predicted molar refractivity (Wildman–Crippen MR) is 80.0 cm³/mol. The van der Waals surface area contributed by atoms with Gasteiger partial charge >= 0.3 is 0 Å². The molecule has 1 aromatic heterocycles. The maximum Gasteiger partial charge on any atom is 0.146 e. The van der Waals surface area contributed by atoms with Gasteiger partial charge < -0.3 is 14.5 Å². The first-order valence-corrected chi connectivity index (χ1v) is 7.13. The van der Waals surface area contributed by atoms with Crippen LogP contribution in [-0.4, -0.2) is 7.05 Å². The molecule has 1 heterocycles. The smallest absolute Gasteiger partial charge is 0.146 e. The van der Waals surface area contributed by atoms with Crippen molar-refractivity contribution in [2.24, 2.45) is 0 Å². The summed E-state index contributed by atoms with van der Waals surface area (Å²) in [5.41, 5.74) is 1.07. The number of nitrogens with one attached hydrogen (secondary N) is 1. The molecule has 0 bridgehead atoms. The highest BCUT2D eigenvalue weighted by molar-refractivity contribution is 9.10. The van der Waals surface area contributed by atoms with Crippen molar-refractivity contribution in [3.63, 3.8) is 0 Å². The van der Waals surface area contributed by atoms with Gasteiger partial charge in [-0.05, 0) is 35.1 Å². The standard InChI is InChI=1S/C13H12BrCl2NO2/c1-17-5-8-2-9(18-6-8)7-19-13-4-11(15)10(14)3-12(13)16/h2-4,6,17H,5,7H2,1H3. The van der Waals surface area contributed by atoms with E-state index in [1.54, 1.807) is 18.4 Å². The van der Waals surface area contributed by atoms with Crippen LogP contribution in [0.15, 0.2) is 33.4 Å². The Kier molecular flexibility index (Phi) is 5.16. The van der Waals surface area contributed by atoms with Crippen LogP contribution in [0.1, 0.15) is 11.3 Å². The number of hydrogen-bond acceptors (Lipinski definition) is 3. The molecule has 19 heavy (non-hydrogen) atoms. The van der Waals surface area contributed by atoms with Crippen LogP contribution in [0.25, 0.3) is 0 Å². The molecule has 2 rings (SSSR count). The van der Waals surface area contributed by atoms with Crippen molar-refractivity contribution < 1.29 is 9.15 Å². The highest BCUT2D eigenvalue weighted by Crippen LogP contribution is 2.34. The molecule has 0 saturated heterocycles. The molecule has 2 aromatic rings. The molecule has 0 saturated carbocycles. The SMILES string of the molecule is CNCc1coc(COc2cc(Cl)c(Br)cc2Cl)c1. The van der Waals surface area contributed by atoms with Crippen LogP contribution in [0.4, 0.5) is 0 Å². The van der Waals surface area contributed by atoms with Crippen LogP contribution >= 0.6 is 39.1 Å². The Balaban J connectivity index is 2.03. The van der Waals surface area contributed by atoms with Gasteiger partial charge in [0, 0.05) is 22.6 Å². The van der Waals surface area contributed by atoms with E-state index >= 15 is 0 Å². The van der Waals surface area contributed by atoms with Crippen molar-refractivity contribution in [2.45, 2.75) is 13.2 Å². The summed E-state index contributed by atoms with van der Waals surface area (Å²) in [6.45, 7) is 1.07. The molecule has 0 fully saturated rings. The monoisotopic (exact) mass is 363 g/mol. The number of halogens is 3. The Morgan fingerprint density at radius 3 is 2.79 bits per heavy atom. The van der Waals surface area contributed by atoms with Crippen LogP contribution in [-0.2, 0) is 13.2 Å². The molecule has 0 radical (unpaired) electrons. The number of benzene rings is 1. The van der Waals surface area contributed by atoms with E-state index in [4.69, 9.17) is 32.4 Å². The van der Waals surface area contributed by atoms with Gasteiger partial charge in [-0.15, -0.1) is 0 Å². The third-order valence-corrected chi connectivity index (χ3v) is 3.93. The third kappa shape index (κ3) is 3.89. The summed E-state index contributed by atoms with van der Waals surface area (Å²) in [5.74, 6) is 1.27. The molecule has 0 amide bonds. The first-order valence-electron chi connectivity index (χ1n) is 5.58. The summed E-state index contributed by atoms with van der Waals surface area (Å²) in [6, 6.07) is 5.31. The number of hydrogen-bond donors (Lipinski definition) is 1. The lowest BCUT2D eigenvalue weighted by Gasteiger charge is -2.07. The third-order valence-electron chi connectivity index (χ3n) is 2.43. The molecule has 0 aliphatic rings. The Labute approximate surface area is 130 Å². The second kappa shape index (κ2) is 6.66. The summed E-state index contributed by atoms with van der Waals surface area (Å²) in [7, 11) is 1.88. The second-order valence-corrected chi connectivity index (χ2v) is 5.61. The van der Waals surface area contributed by atoms with E-state index in [0.29, 0.717) is 22.4 Å². The Bertz CT molecular complexity index is 572. The molecule has 0 atom stereocenters. The highest BCUT2D eigenvalue weighted by Gasteiger charge is 2.08. The fourth-order valence-electron chi connectivity index (χ4n) is 1.56. The molecule has 1 aromatic carbocycles. The maximum atomic E-state index is 6.07. The molecule has 0 aliphatic carbocycles. The summed E-state index contributed by atoms with van der Waals surface area (Å²) < 4.78 is 11.7. The van der Waals surface area contributed by atoms with Crippen molar-refractivity contribution in [3.05, 3.63) is 50.3 Å². The van der Waals surface area contributed by atoms with Crippen LogP contribution in [0.5, 0.6) is 5.75 Å². The van der Waals surface area contributed by atoms with Gasteiger partial charge in [0.05, 0.1) is 16.3 Å². The van der Waals surface area contributed by atoms with E-state index in [1.807, 2.05) is 13.1 Å². The molecule has 1 N–H and O–H groups in total. The van der Waals surface area contributed by atoms with Gasteiger partial charge in [0.15, 0.2) is 0 Å². The lowest BCUT2D eigenvalue weighted by molar-refractivity contribution is 0.270. The highest BCUT2D eigenvalue weighted by atomic mass is 79.9. The normalized spacial score (nSPS) is 10.7. The van der Waals surface area contributed by atoms with Crippen LogP contribution in [0.2, 0.25) is 10.0 Å². The number of rotatable bonds is 5. The van der Waals surface area contributed by atoms with Gasteiger partial charge in [0.25, 0.3) is 0 Å². The topological polar surface area (TPSA) is 34.4 Å². The van der Waals surface area contributed by atoms with Gasteiger partial charge in [-0.3, -0.25) is 0 Å². The molecule has 0 aliphatic heterocycles. The van der Waals surface area contributed by atoms with Gasteiger partial charge in [0.1, 0.15) is 18.1 Å². The summed E-state index contributed by atoms with van der Waals surface area (Å²) in [6.07, 6.45) is 1.70. The van der Waals surface area contributed by atoms with E-state index in [0.717, 1.165) is 22.3 Å². The first kappa shape index (κ1) is 14.7. The molecule has 6 heteroatoms. The van der Waals surface area contributed by atoms with Gasteiger partial charge in [-0.25, -0.2) is 0 Å². The van der Waals surface area contributed by atoms with E-state index < -0.39 is 0 Å². The molecular formula is C13H12BrCl2NO2. The molecule has 102 valence electrons. The maximum absolute atomic E-state index is 6.07. The molecule has 0 unspecified atom stereocenters. The Hall–Kier alpha value is -0.680. The number of ether oxygens (including phenoxy) is 1. The lowest BCUT2D eigenvalue weighted by Crippen LogP contribution is -2.03. The fourth-order valence-corrected chi connectivity index (χ4v) is 2.41. The van der Waals surface area contributed by atoms with Gasteiger partial charge in [-0.1, -0.05) is 23.2 Å². The summed E-state index contributed by atoms with van der Waals surface area (Å²) in [4.78, 5) is 0. The lowest BCUT2D eigenvalue weighted by atomic mass is 10.3. The quantitative estimate of drug-likeness (QED) is 0.784. The predicted octanol–water partition coefficient (Wildman–Crippen LogP) is 4.65. The fraction of sp³-hybridized carbons (Fsp3) is 0.231. The minimum atomic E-state index is 0.307. The van der Waals surface area contributed by atoms with Gasteiger partial charge in [-0.2, -0.15) is 0 Å². The largest absolute Gasteiger partial charge is 0.484 e. The van der Waals surface area contributed by atoms with E-state index in [1.165, 1.54) is 0 Å². The molecular weight excluding hydrogens is 353 g/mol. The Morgan fingerprint density at radius 1 is 1.26 bits per heavy atom. The van der Waals surface area contributed by atoms with Crippen LogP contribution in [0.3, 0.4) is 0 Å². The van der Waals surface area contributed by atoms with E-state index in [2.05, 4.69) is 21.2 Å². The summed E-state index contributed by atoms with van der Waals surface area (Å²) >= 11 is 15.4. The van der Waals surface area contributed by atoms with Crippen molar-refractivity contribution in [3.8, 4) is 5.75 Å². The minimum absolute atomic E-state index is 0.307. The summed E-state index contributed by atoms with van der Waals surface area (Å²) in [5, 5.41) is 4.10. The van der Waals surface area contributed by atoms with Crippen molar-refractivity contribution in [1.82, 2.24) is 5.32 Å². The zero-order valence-corrected chi connectivity index (χ0v) is 13.3. The molecule has 0 spiro atoms. The Morgan fingerprint density at radius 2 is 2.05 bits per heavy atom. The van der Waals surface area contributed by atoms with Crippen molar-refractivity contribution in [2.75, 3.05) is 7.05 Å². The van der Waals surface area contributed by atoms with Gasteiger partial charge in [0.2, 0.25) is 0 Å². The van der Waals surface area contributed by atoms with Crippen molar-refractivity contribution in [1.29, 1.82) is 0 Å². The number of furan rings is 1. The average Bonchev–Trinajstić information content (AvgIpc) is 2.80. The molecule has 3 nitrogen and oxygen atoms in total. The van der Waals surface area contributed by atoms with E-state index in [9.17, 15) is 0 Å². The average molecular weight is 365 g/mol. The zero-order valence-electron chi connectivity index (χ0n) is 10.2. The second-order valence-electron chi connectivity index (χ2n) is 3.94. The van der Waals surface area contributed by atoms with Crippen LogP contribution < -0.4 is 10.1 Å². The zero-order chi connectivity index (χ0) is 13.8.